The molecule has 1 atom stereocenters. The van der Waals surface area contributed by atoms with Gasteiger partial charge in [-0.2, -0.15) is 0 Å². The van der Waals surface area contributed by atoms with E-state index in [1.165, 1.54) is 0 Å². The van der Waals surface area contributed by atoms with Crippen LogP contribution in [0.25, 0.3) is 11.3 Å². The Balaban J connectivity index is 1.34. The number of rotatable bonds is 4. The summed E-state index contributed by atoms with van der Waals surface area (Å²) in [4.78, 5) is 38.3. The highest BCUT2D eigenvalue weighted by molar-refractivity contribution is 6.00. The maximum absolute atomic E-state index is 12.9. The Kier molecular flexibility index (Phi) is 5.51. The van der Waals surface area contributed by atoms with Gasteiger partial charge in [0.25, 0.3) is 5.91 Å². The number of para-hydroxylation sites is 1. The lowest BCUT2D eigenvalue weighted by Crippen LogP contribution is -2.38. The van der Waals surface area contributed by atoms with Crippen LogP contribution in [0.5, 0.6) is 0 Å². The minimum atomic E-state index is -0.0834. The van der Waals surface area contributed by atoms with Crippen LogP contribution in [0.2, 0.25) is 0 Å². The summed E-state index contributed by atoms with van der Waals surface area (Å²) in [6.45, 7) is 1.92. The number of likely N-dealkylation sites (tertiary alicyclic amines) is 1. The number of aromatic nitrogens is 2. The predicted molar refractivity (Wildman–Crippen MR) is 128 cm³/mol. The number of nitrogens with zero attached hydrogens (tertiary/aromatic N) is 4. The third-order valence-electron chi connectivity index (χ3n) is 6.29. The van der Waals surface area contributed by atoms with Gasteiger partial charge in [0.05, 0.1) is 17.8 Å². The number of carbonyl (C=O) groups excluding carboxylic acids is 2. The fourth-order valence-corrected chi connectivity index (χ4v) is 4.42. The second kappa shape index (κ2) is 8.63. The Morgan fingerprint density at radius 3 is 2.73 bits per heavy atom. The van der Waals surface area contributed by atoms with Crippen molar-refractivity contribution < 1.29 is 9.59 Å². The largest absolute Gasteiger partial charge is 0.337 e. The fourth-order valence-electron chi connectivity index (χ4n) is 4.42. The molecule has 5 rings (SSSR count). The minimum absolute atomic E-state index is 0.0249. The van der Waals surface area contributed by atoms with E-state index < -0.39 is 0 Å². The molecule has 8 heteroatoms. The number of nitrogens with one attached hydrogen (secondary N) is 2. The molecule has 2 aromatic carbocycles. The smallest absolute Gasteiger partial charge is 0.253 e. The second-order valence-corrected chi connectivity index (χ2v) is 8.66. The van der Waals surface area contributed by atoms with E-state index in [-0.39, 0.29) is 24.3 Å². The minimum Gasteiger partial charge on any atom is -0.337 e. The summed E-state index contributed by atoms with van der Waals surface area (Å²) in [5, 5.41) is 6.13. The Hall–Kier alpha value is -3.78. The van der Waals surface area contributed by atoms with Crippen molar-refractivity contribution in [1.29, 1.82) is 0 Å². The van der Waals surface area contributed by atoms with Gasteiger partial charge in [-0.3, -0.25) is 9.59 Å². The number of carbonyl (C=O) groups is 2. The maximum atomic E-state index is 12.9. The topological polar surface area (TPSA) is 90.5 Å². The first-order valence-corrected chi connectivity index (χ1v) is 11.1. The molecule has 3 heterocycles. The van der Waals surface area contributed by atoms with Crippen molar-refractivity contribution in [3.8, 4) is 11.3 Å². The van der Waals surface area contributed by atoms with Crippen LogP contribution < -0.4 is 10.6 Å². The molecule has 0 bridgehead atoms. The standard InChI is InChI=1S/C25H26N6O2/c1-30-12-11-19(15-30)31(2)24(33)16-7-9-18(10-8-16)27-25-26-14-17-13-22(32)28-21-6-4-3-5-20(21)23(17)29-25/h3-10,14,19H,11-13,15H2,1-2H3,(H,28,32)(H,26,27,29). The Morgan fingerprint density at radius 2 is 1.97 bits per heavy atom. The molecule has 1 unspecified atom stereocenters. The third kappa shape index (κ3) is 4.29. The van der Waals surface area contributed by atoms with Crippen LogP contribution in [0.1, 0.15) is 22.3 Å². The summed E-state index contributed by atoms with van der Waals surface area (Å²) in [6, 6.07) is 15.2. The first-order valence-electron chi connectivity index (χ1n) is 11.1. The molecule has 1 aromatic heterocycles. The molecular formula is C25H26N6O2. The van der Waals surface area contributed by atoms with Crippen molar-refractivity contribution in [2.45, 2.75) is 18.9 Å². The van der Waals surface area contributed by atoms with Crippen LogP contribution in [0.15, 0.2) is 54.7 Å². The lowest BCUT2D eigenvalue weighted by Gasteiger charge is -2.24. The molecule has 1 saturated heterocycles. The molecule has 2 amide bonds. The summed E-state index contributed by atoms with van der Waals surface area (Å²) in [7, 11) is 3.95. The molecule has 0 saturated carbocycles. The molecule has 2 aliphatic heterocycles. The van der Waals surface area contributed by atoms with Gasteiger partial charge in [-0.25, -0.2) is 9.97 Å². The second-order valence-electron chi connectivity index (χ2n) is 8.66. The average Bonchev–Trinajstić information content (AvgIpc) is 3.20. The van der Waals surface area contributed by atoms with E-state index in [1.54, 1.807) is 6.20 Å². The van der Waals surface area contributed by atoms with Crippen LogP contribution in [-0.4, -0.2) is 64.8 Å². The molecule has 3 aromatic rings. The monoisotopic (exact) mass is 442 g/mol. The van der Waals surface area contributed by atoms with E-state index in [0.717, 1.165) is 47.7 Å². The van der Waals surface area contributed by atoms with E-state index in [1.807, 2.05) is 60.5 Å². The molecular weight excluding hydrogens is 416 g/mol. The Labute approximate surface area is 192 Å². The normalized spacial score (nSPS) is 17.5. The van der Waals surface area contributed by atoms with E-state index in [9.17, 15) is 9.59 Å². The number of hydrogen-bond acceptors (Lipinski definition) is 6. The lowest BCUT2D eigenvalue weighted by molar-refractivity contribution is -0.115. The highest BCUT2D eigenvalue weighted by Crippen LogP contribution is 2.32. The zero-order chi connectivity index (χ0) is 22.9. The molecule has 1 fully saturated rings. The van der Waals surface area contributed by atoms with Crippen LogP contribution in [0.4, 0.5) is 17.3 Å². The zero-order valence-electron chi connectivity index (χ0n) is 18.7. The van der Waals surface area contributed by atoms with Crippen molar-refractivity contribution in [2.24, 2.45) is 0 Å². The Bertz CT molecular complexity index is 1210. The van der Waals surface area contributed by atoms with Gasteiger partial charge in [-0.1, -0.05) is 18.2 Å². The molecule has 168 valence electrons. The van der Waals surface area contributed by atoms with Crippen LogP contribution in [0.3, 0.4) is 0 Å². The first-order chi connectivity index (χ1) is 16.0. The highest BCUT2D eigenvalue weighted by atomic mass is 16.2. The Morgan fingerprint density at radius 1 is 1.18 bits per heavy atom. The van der Waals surface area contributed by atoms with E-state index >= 15 is 0 Å². The molecule has 2 aliphatic rings. The summed E-state index contributed by atoms with van der Waals surface area (Å²) < 4.78 is 0. The number of likely N-dealkylation sites (N-methyl/N-ethyl adjacent to an activating group) is 2. The maximum Gasteiger partial charge on any atom is 0.253 e. The van der Waals surface area contributed by atoms with Crippen molar-refractivity contribution >= 4 is 29.1 Å². The predicted octanol–water partition coefficient (Wildman–Crippen LogP) is 3.16. The van der Waals surface area contributed by atoms with Gasteiger partial charge in [0.1, 0.15) is 0 Å². The lowest BCUT2D eigenvalue weighted by atomic mass is 10.1. The van der Waals surface area contributed by atoms with Gasteiger partial charge in [-0.05, 0) is 50.3 Å². The number of hydrogen-bond donors (Lipinski definition) is 2. The number of amides is 2. The van der Waals surface area contributed by atoms with Gasteiger partial charge >= 0.3 is 0 Å². The van der Waals surface area contributed by atoms with E-state index in [4.69, 9.17) is 4.98 Å². The van der Waals surface area contributed by atoms with Crippen molar-refractivity contribution in [1.82, 2.24) is 19.8 Å². The molecule has 0 radical (unpaired) electrons. The van der Waals surface area contributed by atoms with Gasteiger partial charge < -0.3 is 20.4 Å². The van der Waals surface area contributed by atoms with Gasteiger partial charge in [0, 0.05) is 48.2 Å². The molecule has 33 heavy (non-hydrogen) atoms. The summed E-state index contributed by atoms with van der Waals surface area (Å²) in [5.74, 6) is 0.375. The number of fused-ring (bicyclic) bond motifs is 3. The van der Waals surface area contributed by atoms with Crippen LogP contribution >= 0.6 is 0 Å². The molecule has 2 N–H and O–H groups in total. The van der Waals surface area contributed by atoms with E-state index in [2.05, 4.69) is 27.6 Å². The highest BCUT2D eigenvalue weighted by Gasteiger charge is 2.27. The number of anilines is 3. The number of benzene rings is 2. The van der Waals surface area contributed by atoms with Crippen LogP contribution in [-0.2, 0) is 11.2 Å². The molecule has 0 spiro atoms. The van der Waals surface area contributed by atoms with Crippen LogP contribution in [0, 0.1) is 0 Å². The van der Waals surface area contributed by atoms with Crippen molar-refractivity contribution in [3.63, 3.8) is 0 Å². The quantitative estimate of drug-likeness (QED) is 0.645. The summed E-state index contributed by atoms with van der Waals surface area (Å²) in [6.07, 6.45) is 2.92. The van der Waals surface area contributed by atoms with Crippen molar-refractivity contribution in [3.05, 3.63) is 65.9 Å². The summed E-state index contributed by atoms with van der Waals surface area (Å²) >= 11 is 0. The average molecular weight is 443 g/mol. The fraction of sp³-hybridized carbons (Fsp3) is 0.280. The van der Waals surface area contributed by atoms with Gasteiger partial charge in [0.15, 0.2) is 0 Å². The molecule has 8 nitrogen and oxygen atoms in total. The first kappa shape index (κ1) is 21.1. The zero-order valence-corrected chi connectivity index (χ0v) is 18.7. The van der Waals surface area contributed by atoms with E-state index in [0.29, 0.717) is 11.5 Å². The summed E-state index contributed by atoms with van der Waals surface area (Å²) in [5.41, 5.74) is 4.56. The van der Waals surface area contributed by atoms with Gasteiger partial charge in [-0.15, -0.1) is 0 Å². The van der Waals surface area contributed by atoms with Crippen molar-refractivity contribution in [2.75, 3.05) is 37.8 Å². The van der Waals surface area contributed by atoms with Gasteiger partial charge in [0.2, 0.25) is 11.9 Å². The molecule has 0 aliphatic carbocycles. The SMILES string of the molecule is CN1CCC(N(C)C(=O)c2ccc(Nc3ncc4c(n3)-c3ccccc3NC(=O)C4)cc2)C1. The third-order valence-corrected chi connectivity index (χ3v) is 6.29.